The molecule has 0 bridgehead atoms. The summed E-state index contributed by atoms with van der Waals surface area (Å²) in [5.74, 6) is 1.09. The molecule has 2 fully saturated rings. The summed E-state index contributed by atoms with van der Waals surface area (Å²) in [6.07, 6.45) is 11.1. The minimum absolute atomic E-state index is 0.00312. The lowest BCUT2D eigenvalue weighted by atomic mass is 9.80. The number of carbonyl (C=O) groups excluding carboxylic acids is 2. The van der Waals surface area contributed by atoms with Crippen molar-refractivity contribution >= 4 is 22.7 Å². The van der Waals surface area contributed by atoms with Gasteiger partial charge in [-0.3, -0.25) is 14.6 Å². The van der Waals surface area contributed by atoms with E-state index in [0.717, 1.165) is 62.8 Å². The number of pyridine rings is 1. The highest BCUT2D eigenvalue weighted by Crippen LogP contribution is 2.35. The lowest BCUT2D eigenvalue weighted by molar-refractivity contribution is -0.134. The molecule has 1 aromatic carbocycles. The molecule has 2 aliphatic rings. The maximum Gasteiger partial charge on any atom is 0.256 e. The molecule has 0 radical (unpaired) electrons. The molecule has 0 spiro atoms. The van der Waals surface area contributed by atoms with Crippen LogP contribution in [-0.2, 0) is 11.2 Å². The third kappa shape index (κ3) is 6.03. The highest BCUT2D eigenvalue weighted by Gasteiger charge is 2.33. The molecule has 7 nitrogen and oxygen atoms in total. The van der Waals surface area contributed by atoms with E-state index in [1.54, 1.807) is 22.9 Å². The molecular formula is C33H44FN5O2. The fourth-order valence-corrected chi connectivity index (χ4v) is 6.70. The van der Waals surface area contributed by atoms with Gasteiger partial charge in [-0.1, -0.05) is 0 Å². The summed E-state index contributed by atoms with van der Waals surface area (Å²) in [6.45, 7) is 9.25. The quantitative estimate of drug-likeness (QED) is 0.373. The molecule has 3 aromatic rings. The smallest absolute Gasteiger partial charge is 0.256 e. The van der Waals surface area contributed by atoms with Crippen molar-refractivity contribution < 1.29 is 14.0 Å². The molecule has 2 amide bonds. The number of likely N-dealkylation sites (tertiary alicyclic amines) is 1. The minimum Gasteiger partial charge on any atom is -0.349 e. The monoisotopic (exact) mass is 561 g/mol. The van der Waals surface area contributed by atoms with Gasteiger partial charge in [-0.25, -0.2) is 4.39 Å². The van der Waals surface area contributed by atoms with Crippen LogP contribution in [0, 0.1) is 30.5 Å². The molecule has 1 aliphatic carbocycles. The first kappa shape index (κ1) is 29.2. The van der Waals surface area contributed by atoms with Crippen LogP contribution in [0.2, 0.25) is 0 Å². The molecule has 5 rings (SSSR count). The number of amides is 2. The molecule has 1 aliphatic heterocycles. The SMILES string of the molecule is Cc1cncc2c1c(CC1CN(C[C@H]3CC[C@H](C(=O)N(C)C)CC3)C1)cn2-c1ccc(F)cc1C(=O)N(C)C(C)C. The summed E-state index contributed by atoms with van der Waals surface area (Å²) in [7, 11) is 5.46. The zero-order valence-corrected chi connectivity index (χ0v) is 25.4. The number of hydrogen-bond donors (Lipinski definition) is 0. The first-order chi connectivity index (χ1) is 19.5. The van der Waals surface area contributed by atoms with Crippen molar-refractivity contribution in [3.05, 3.63) is 59.3 Å². The zero-order valence-electron chi connectivity index (χ0n) is 25.4. The van der Waals surface area contributed by atoms with Crippen LogP contribution in [-0.4, -0.2) is 82.9 Å². The van der Waals surface area contributed by atoms with Crippen molar-refractivity contribution in [2.45, 2.75) is 58.9 Å². The molecule has 0 N–H and O–H groups in total. The Kier molecular flexibility index (Phi) is 8.50. The molecule has 0 unspecified atom stereocenters. The summed E-state index contributed by atoms with van der Waals surface area (Å²) in [4.78, 5) is 36.1. The number of benzene rings is 1. The van der Waals surface area contributed by atoms with E-state index >= 15 is 0 Å². The number of fused-ring (bicyclic) bond motifs is 1. The Labute approximate surface area is 243 Å². The maximum absolute atomic E-state index is 14.4. The van der Waals surface area contributed by atoms with E-state index in [9.17, 15) is 14.0 Å². The summed E-state index contributed by atoms with van der Waals surface area (Å²) >= 11 is 0. The van der Waals surface area contributed by atoms with Gasteiger partial charge in [0.05, 0.1) is 23.0 Å². The normalized spacial score (nSPS) is 19.9. The Bertz CT molecular complexity index is 1420. The number of aromatic nitrogens is 2. The van der Waals surface area contributed by atoms with Crippen LogP contribution in [0.5, 0.6) is 0 Å². The topological polar surface area (TPSA) is 61.7 Å². The number of carbonyl (C=O) groups is 2. The molecule has 220 valence electrons. The van der Waals surface area contributed by atoms with Gasteiger partial charge in [0.15, 0.2) is 0 Å². The van der Waals surface area contributed by atoms with Gasteiger partial charge >= 0.3 is 0 Å². The first-order valence-corrected chi connectivity index (χ1v) is 15.0. The minimum atomic E-state index is -0.424. The summed E-state index contributed by atoms with van der Waals surface area (Å²) in [6, 6.07) is 4.47. The number of aryl methyl sites for hydroxylation is 1. The second-order valence-electron chi connectivity index (χ2n) is 12.8. The molecule has 8 heteroatoms. The van der Waals surface area contributed by atoms with Crippen LogP contribution in [0.3, 0.4) is 0 Å². The van der Waals surface area contributed by atoms with Crippen molar-refractivity contribution in [3.8, 4) is 5.69 Å². The van der Waals surface area contributed by atoms with Crippen molar-refractivity contribution in [1.29, 1.82) is 0 Å². The number of rotatable bonds is 8. The second-order valence-corrected chi connectivity index (χ2v) is 12.8. The third-order valence-corrected chi connectivity index (χ3v) is 9.22. The zero-order chi connectivity index (χ0) is 29.4. The highest BCUT2D eigenvalue weighted by atomic mass is 19.1. The maximum atomic E-state index is 14.4. The average molecular weight is 562 g/mol. The van der Waals surface area contributed by atoms with Gasteiger partial charge in [-0.15, -0.1) is 0 Å². The first-order valence-electron chi connectivity index (χ1n) is 15.0. The van der Waals surface area contributed by atoms with Crippen LogP contribution < -0.4 is 0 Å². The third-order valence-electron chi connectivity index (χ3n) is 9.22. The standard InChI is InChI=1S/C33H44FN5O2/c1-21(2)37(6)33(41)28-14-27(34)11-12-29(28)39-20-26(31-22(3)15-35-16-30(31)39)13-24-18-38(19-24)17-23-7-9-25(10-8-23)32(40)36(4)5/h11-12,14-16,20-21,23-25H,7-10,13,17-19H2,1-6H3/t23-,25-. The lowest BCUT2D eigenvalue weighted by Gasteiger charge is -2.42. The van der Waals surface area contributed by atoms with E-state index in [4.69, 9.17) is 0 Å². The second kappa shape index (κ2) is 11.9. The van der Waals surface area contributed by atoms with Gasteiger partial charge in [-0.2, -0.15) is 0 Å². The van der Waals surface area contributed by atoms with E-state index in [2.05, 4.69) is 23.0 Å². The Morgan fingerprint density at radius 1 is 1.05 bits per heavy atom. The van der Waals surface area contributed by atoms with Crippen LogP contribution in [0.1, 0.15) is 61.0 Å². The molecule has 1 saturated heterocycles. The van der Waals surface area contributed by atoms with Crippen molar-refractivity contribution in [2.75, 3.05) is 40.8 Å². The molecule has 0 atom stereocenters. The summed E-state index contributed by atoms with van der Waals surface area (Å²) in [5.41, 5.74) is 4.31. The molecular weight excluding hydrogens is 517 g/mol. The number of halogens is 1. The van der Waals surface area contributed by atoms with Gasteiger partial charge in [0.2, 0.25) is 5.91 Å². The predicted octanol–water partition coefficient (Wildman–Crippen LogP) is 5.32. The molecule has 1 saturated carbocycles. The van der Waals surface area contributed by atoms with E-state index in [0.29, 0.717) is 23.1 Å². The van der Waals surface area contributed by atoms with Gasteiger partial charge in [0, 0.05) is 70.5 Å². The van der Waals surface area contributed by atoms with Crippen LogP contribution in [0.15, 0.2) is 36.8 Å². The molecule has 41 heavy (non-hydrogen) atoms. The van der Waals surface area contributed by atoms with Gasteiger partial charge < -0.3 is 19.3 Å². The average Bonchev–Trinajstić information content (AvgIpc) is 3.30. The van der Waals surface area contributed by atoms with Crippen molar-refractivity contribution in [3.63, 3.8) is 0 Å². The number of nitrogens with zero attached hydrogens (tertiary/aromatic N) is 5. The van der Waals surface area contributed by atoms with Crippen LogP contribution in [0.25, 0.3) is 16.6 Å². The lowest BCUT2D eigenvalue weighted by Crippen LogP contribution is -2.49. The van der Waals surface area contributed by atoms with Crippen LogP contribution in [0.4, 0.5) is 4.39 Å². The predicted molar refractivity (Wildman–Crippen MR) is 161 cm³/mol. The molecule has 3 heterocycles. The Morgan fingerprint density at radius 3 is 2.41 bits per heavy atom. The van der Waals surface area contributed by atoms with Gasteiger partial charge in [0.25, 0.3) is 5.91 Å². The fourth-order valence-electron chi connectivity index (χ4n) is 6.70. The van der Waals surface area contributed by atoms with Crippen molar-refractivity contribution in [2.24, 2.45) is 17.8 Å². The Balaban J connectivity index is 1.31. The summed E-state index contributed by atoms with van der Waals surface area (Å²) < 4.78 is 16.4. The largest absolute Gasteiger partial charge is 0.349 e. The van der Waals surface area contributed by atoms with E-state index < -0.39 is 5.82 Å². The van der Waals surface area contributed by atoms with E-state index in [-0.39, 0.29) is 23.8 Å². The van der Waals surface area contributed by atoms with E-state index in [1.807, 2.05) is 44.9 Å². The van der Waals surface area contributed by atoms with Crippen LogP contribution >= 0.6 is 0 Å². The van der Waals surface area contributed by atoms with Gasteiger partial charge in [-0.05, 0) is 94.0 Å². The number of hydrogen-bond acceptors (Lipinski definition) is 4. The fraction of sp³-hybridized carbons (Fsp3) is 0.545. The molecule has 2 aromatic heterocycles. The Morgan fingerprint density at radius 2 is 1.76 bits per heavy atom. The highest BCUT2D eigenvalue weighted by molar-refractivity contribution is 5.99. The van der Waals surface area contributed by atoms with Crippen molar-refractivity contribution in [1.82, 2.24) is 24.3 Å². The Hall–Kier alpha value is -3.26. The summed E-state index contributed by atoms with van der Waals surface area (Å²) in [5, 5.41) is 1.17. The van der Waals surface area contributed by atoms with Gasteiger partial charge in [0.1, 0.15) is 5.82 Å². The van der Waals surface area contributed by atoms with E-state index in [1.165, 1.54) is 23.1 Å².